The fraction of sp³-hybridized carbons (Fsp3) is 0.444. The zero-order chi connectivity index (χ0) is 12.2. The fourth-order valence-corrected chi connectivity index (χ4v) is 1.03. The minimum Gasteiger partial charge on any atom is -0.353 e. The Balaban J connectivity index is 2.36. The summed E-state index contributed by atoms with van der Waals surface area (Å²) in [5.74, 6) is -6.58. The summed E-state index contributed by atoms with van der Waals surface area (Å²) < 4.78 is 50.0. The number of aromatic nitrogens is 1. The molecule has 1 heterocycles. The Morgan fingerprint density at radius 2 is 1.88 bits per heavy atom. The first-order valence-electron chi connectivity index (χ1n) is 4.49. The summed E-state index contributed by atoms with van der Waals surface area (Å²) in [7, 11) is 0. The molecule has 0 aromatic carbocycles. The molecule has 1 N–H and O–H groups in total. The van der Waals surface area contributed by atoms with E-state index < -0.39 is 18.3 Å². The van der Waals surface area contributed by atoms with E-state index in [1.165, 1.54) is 0 Å². The van der Waals surface area contributed by atoms with E-state index in [1.807, 2.05) is 0 Å². The highest BCUT2D eigenvalue weighted by molar-refractivity contribution is 5.83. The molecule has 0 atom stereocenters. The van der Waals surface area contributed by atoms with Crippen LogP contribution in [0.5, 0.6) is 0 Å². The van der Waals surface area contributed by atoms with E-state index in [2.05, 4.69) is 0 Å². The number of nitrogens with zero attached hydrogens (tertiary/aromatic N) is 1. The normalized spacial score (nSPS) is 11.8. The average Bonchev–Trinajstić information content (AvgIpc) is 2.70. The van der Waals surface area contributed by atoms with Crippen molar-refractivity contribution >= 4 is 5.91 Å². The van der Waals surface area contributed by atoms with Crippen molar-refractivity contribution in [1.29, 1.82) is 0 Å². The van der Waals surface area contributed by atoms with Crippen LogP contribution in [0.3, 0.4) is 0 Å². The minimum atomic E-state index is -4.63. The second-order valence-electron chi connectivity index (χ2n) is 3.10. The van der Waals surface area contributed by atoms with Crippen molar-refractivity contribution in [1.82, 2.24) is 9.88 Å². The molecular formula is C9H10F4N2O. The number of halogens is 4. The molecule has 16 heavy (non-hydrogen) atoms. The van der Waals surface area contributed by atoms with Crippen molar-refractivity contribution in [3.05, 3.63) is 24.5 Å². The van der Waals surface area contributed by atoms with E-state index >= 15 is 0 Å². The van der Waals surface area contributed by atoms with E-state index in [-0.39, 0.29) is 13.1 Å². The quantitative estimate of drug-likeness (QED) is 0.775. The Kier molecular flexibility index (Phi) is 3.92. The second kappa shape index (κ2) is 5.00. The van der Waals surface area contributed by atoms with Crippen molar-refractivity contribution in [2.75, 3.05) is 6.54 Å². The standard InChI is InChI=1S/C9H10F4N2O/c10-7(11)9(12,13)8(16)14-3-6-15-4-1-2-5-15/h1-2,4-5,7H,3,6H2,(H,14,16). The molecule has 3 nitrogen and oxygen atoms in total. The van der Waals surface area contributed by atoms with Crippen LogP contribution in [-0.2, 0) is 11.3 Å². The number of amides is 1. The predicted octanol–water partition coefficient (Wildman–Crippen LogP) is 1.50. The lowest BCUT2D eigenvalue weighted by Crippen LogP contribution is -2.46. The molecule has 0 bridgehead atoms. The molecule has 0 saturated heterocycles. The number of rotatable bonds is 5. The molecule has 1 amide bonds. The van der Waals surface area contributed by atoms with Crippen LogP contribution < -0.4 is 5.32 Å². The Morgan fingerprint density at radius 1 is 1.31 bits per heavy atom. The van der Waals surface area contributed by atoms with Crippen LogP contribution in [0.15, 0.2) is 24.5 Å². The first kappa shape index (κ1) is 12.5. The fourth-order valence-electron chi connectivity index (χ4n) is 1.03. The second-order valence-corrected chi connectivity index (χ2v) is 3.10. The molecule has 0 saturated carbocycles. The summed E-state index contributed by atoms with van der Waals surface area (Å²) >= 11 is 0. The maximum atomic E-state index is 12.4. The van der Waals surface area contributed by atoms with Gasteiger partial charge in [0, 0.05) is 25.5 Å². The van der Waals surface area contributed by atoms with E-state index in [4.69, 9.17) is 0 Å². The highest BCUT2D eigenvalue weighted by Gasteiger charge is 2.48. The highest BCUT2D eigenvalue weighted by atomic mass is 19.3. The molecular weight excluding hydrogens is 228 g/mol. The summed E-state index contributed by atoms with van der Waals surface area (Å²) in [4.78, 5) is 10.7. The third kappa shape index (κ3) is 2.98. The topological polar surface area (TPSA) is 34.0 Å². The van der Waals surface area contributed by atoms with Gasteiger partial charge >= 0.3 is 12.3 Å². The SMILES string of the molecule is O=C(NCCn1cccc1)C(F)(F)C(F)F. The molecule has 0 aliphatic carbocycles. The van der Waals surface area contributed by atoms with Crippen molar-refractivity contribution < 1.29 is 22.4 Å². The maximum absolute atomic E-state index is 12.4. The van der Waals surface area contributed by atoms with Crippen molar-refractivity contribution in [3.8, 4) is 0 Å². The smallest absolute Gasteiger partial charge is 0.353 e. The minimum absolute atomic E-state index is 0.129. The van der Waals surface area contributed by atoms with Gasteiger partial charge in [0.2, 0.25) is 0 Å². The molecule has 7 heteroatoms. The van der Waals surface area contributed by atoms with Gasteiger partial charge in [0.15, 0.2) is 0 Å². The van der Waals surface area contributed by atoms with Crippen molar-refractivity contribution in [2.45, 2.75) is 18.9 Å². The summed E-state index contributed by atoms with van der Waals surface area (Å²) in [6.45, 7) is 0.119. The molecule has 0 aliphatic rings. The third-order valence-corrected chi connectivity index (χ3v) is 1.90. The van der Waals surface area contributed by atoms with Gasteiger partial charge in [-0.1, -0.05) is 0 Å². The Morgan fingerprint density at radius 3 is 2.38 bits per heavy atom. The van der Waals surface area contributed by atoms with Crippen LogP contribution in [0, 0.1) is 0 Å². The van der Waals surface area contributed by atoms with Gasteiger partial charge in [-0.2, -0.15) is 8.78 Å². The van der Waals surface area contributed by atoms with Gasteiger partial charge in [-0.3, -0.25) is 4.79 Å². The molecule has 1 aromatic rings. The van der Waals surface area contributed by atoms with Gasteiger partial charge in [-0.05, 0) is 12.1 Å². The number of carbonyl (C=O) groups excluding carboxylic acids is 1. The van der Waals surface area contributed by atoms with E-state index in [0.717, 1.165) is 0 Å². The summed E-state index contributed by atoms with van der Waals surface area (Å²) in [5, 5.41) is 1.75. The monoisotopic (exact) mass is 238 g/mol. The number of alkyl halides is 4. The number of carbonyl (C=O) groups is 1. The van der Waals surface area contributed by atoms with Gasteiger partial charge in [0.25, 0.3) is 5.91 Å². The zero-order valence-corrected chi connectivity index (χ0v) is 8.17. The Labute approximate surface area is 89.0 Å². The summed E-state index contributed by atoms with van der Waals surface area (Å²) in [5.41, 5.74) is 0. The van der Waals surface area contributed by atoms with Gasteiger partial charge in [-0.15, -0.1) is 0 Å². The number of hydrogen-bond donors (Lipinski definition) is 1. The van der Waals surface area contributed by atoms with Crippen molar-refractivity contribution in [2.24, 2.45) is 0 Å². The molecule has 0 spiro atoms. The average molecular weight is 238 g/mol. The lowest BCUT2D eigenvalue weighted by molar-refractivity contribution is -0.169. The van der Waals surface area contributed by atoms with Crippen LogP contribution in [0.1, 0.15) is 0 Å². The van der Waals surface area contributed by atoms with E-state index in [9.17, 15) is 22.4 Å². The lowest BCUT2D eigenvalue weighted by atomic mass is 10.3. The molecule has 0 aliphatic heterocycles. The van der Waals surface area contributed by atoms with Crippen LogP contribution in [0.2, 0.25) is 0 Å². The van der Waals surface area contributed by atoms with Gasteiger partial charge in [0.05, 0.1) is 0 Å². The molecule has 1 rings (SSSR count). The predicted molar refractivity (Wildman–Crippen MR) is 48.4 cm³/mol. The number of hydrogen-bond acceptors (Lipinski definition) is 1. The van der Waals surface area contributed by atoms with Gasteiger partial charge < -0.3 is 9.88 Å². The summed E-state index contributed by atoms with van der Waals surface area (Å²) in [6.07, 6.45) is -0.659. The Bertz CT molecular complexity index is 337. The zero-order valence-electron chi connectivity index (χ0n) is 8.17. The van der Waals surface area contributed by atoms with E-state index in [0.29, 0.717) is 0 Å². The third-order valence-electron chi connectivity index (χ3n) is 1.90. The molecule has 90 valence electrons. The van der Waals surface area contributed by atoms with Crippen molar-refractivity contribution in [3.63, 3.8) is 0 Å². The molecule has 0 radical (unpaired) electrons. The van der Waals surface area contributed by atoms with E-state index in [1.54, 1.807) is 34.4 Å². The number of nitrogens with one attached hydrogen (secondary N) is 1. The lowest BCUT2D eigenvalue weighted by Gasteiger charge is -2.14. The largest absolute Gasteiger partial charge is 0.383 e. The molecule has 0 fully saturated rings. The van der Waals surface area contributed by atoms with Gasteiger partial charge in [-0.25, -0.2) is 8.78 Å². The van der Waals surface area contributed by atoms with Gasteiger partial charge in [0.1, 0.15) is 0 Å². The Hall–Kier alpha value is -1.53. The van der Waals surface area contributed by atoms with Crippen LogP contribution in [-0.4, -0.2) is 29.4 Å². The highest BCUT2D eigenvalue weighted by Crippen LogP contribution is 2.22. The molecule has 1 aromatic heterocycles. The first-order chi connectivity index (χ1) is 7.44. The van der Waals surface area contributed by atoms with Crippen LogP contribution in [0.25, 0.3) is 0 Å². The maximum Gasteiger partial charge on any atom is 0.383 e. The molecule has 0 unspecified atom stereocenters. The summed E-state index contributed by atoms with van der Waals surface area (Å²) in [6, 6.07) is 3.44. The van der Waals surface area contributed by atoms with Crippen LogP contribution >= 0.6 is 0 Å². The van der Waals surface area contributed by atoms with Crippen LogP contribution in [0.4, 0.5) is 17.6 Å². The first-order valence-corrected chi connectivity index (χ1v) is 4.49.